The quantitative estimate of drug-likeness (QED) is 0.401. The molecule has 0 unspecified atom stereocenters. The van der Waals surface area contributed by atoms with E-state index in [-0.39, 0.29) is 11.4 Å². The second-order valence-corrected chi connectivity index (χ2v) is 8.80. The zero-order valence-electron chi connectivity index (χ0n) is 16.8. The molecule has 0 spiro atoms. The molecule has 1 aliphatic heterocycles. The Morgan fingerprint density at radius 3 is 2.66 bits per heavy atom. The zero-order chi connectivity index (χ0) is 22.5. The molecule has 1 aliphatic rings. The maximum absolute atomic E-state index is 12.8. The van der Waals surface area contributed by atoms with Gasteiger partial charge in [-0.2, -0.15) is 13.2 Å². The van der Waals surface area contributed by atoms with Gasteiger partial charge in [0.05, 0.1) is 16.8 Å². The number of halogens is 4. The molecule has 0 fully saturated rings. The molecule has 0 amide bonds. The lowest BCUT2D eigenvalue weighted by Crippen LogP contribution is -2.35. The first kappa shape index (κ1) is 21.0. The topological polar surface area (TPSA) is 64.8 Å². The van der Waals surface area contributed by atoms with E-state index in [1.807, 2.05) is 18.3 Å². The van der Waals surface area contributed by atoms with Crippen LogP contribution in [0.3, 0.4) is 0 Å². The molecule has 3 heterocycles. The van der Waals surface area contributed by atoms with Gasteiger partial charge in [0.25, 0.3) is 5.56 Å². The summed E-state index contributed by atoms with van der Waals surface area (Å²) in [6.07, 6.45) is -1.82. The number of hydrogen-bond acceptors (Lipinski definition) is 3. The van der Waals surface area contributed by atoms with E-state index in [0.717, 1.165) is 39.6 Å². The molecule has 0 radical (unpaired) electrons. The number of benzene rings is 2. The molecule has 0 saturated carbocycles. The number of alkyl halides is 3. The van der Waals surface area contributed by atoms with Gasteiger partial charge in [0.2, 0.25) is 0 Å². The van der Waals surface area contributed by atoms with E-state index in [9.17, 15) is 18.0 Å². The van der Waals surface area contributed by atoms with Crippen molar-refractivity contribution in [2.24, 2.45) is 0 Å². The average molecular weight is 503 g/mol. The zero-order valence-corrected chi connectivity index (χ0v) is 18.3. The van der Waals surface area contributed by atoms with Crippen LogP contribution in [0.1, 0.15) is 22.4 Å². The molecule has 5 rings (SSSR count). The summed E-state index contributed by atoms with van der Waals surface area (Å²) in [7, 11) is 0. The second kappa shape index (κ2) is 7.90. The molecule has 0 saturated heterocycles. The lowest BCUT2D eigenvalue weighted by atomic mass is 10.0. The van der Waals surface area contributed by atoms with Crippen molar-refractivity contribution in [2.45, 2.75) is 25.7 Å². The highest BCUT2D eigenvalue weighted by molar-refractivity contribution is 9.10. The predicted octanol–water partition coefficient (Wildman–Crippen LogP) is 5.26. The Bertz CT molecular complexity index is 1360. The minimum absolute atomic E-state index is 0.253. The van der Waals surface area contributed by atoms with Gasteiger partial charge in [0.1, 0.15) is 5.82 Å². The lowest BCUT2D eigenvalue weighted by Gasteiger charge is -2.27. The van der Waals surface area contributed by atoms with E-state index >= 15 is 0 Å². The van der Waals surface area contributed by atoms with Crippen LogP contribution in [0.25, 0.3) is 22.3 Å². The van der Waals surface area contributed by atoms with Gasteiger partial charge in [-0.15, -0.1) is 0 Å². The van der Waals surface area contributed by atoms with Gasteiger partial charge in [-0.25, -0.2) is 4.98 Å². The van der Waals surface area contributed by atoms with Crippen molar-refractivity contribution < 1.29 is 13.2 Å². The second-order valence-electron chi connectivity index (χ2n) is 7.88. The molecular weight excluding hydrogens is 485 g/mol. The first-order chi connectivity index (χ1) is 15.3. The molecule has 9 heteroatoms. The average Bonchev–Trinajstić information content (AvgIpc) is 3.15. The van der Waals surface area contributed by atoms with Gasteiger partial charge in [-0.3, -0.25) is 9.69 Å². The monoisotopic (exact) mass is 502 g/mol. The van der Waals surface area contributed by atoms with Gasteiger partial charge in [-0.1, -0.05) is 28.1 Å². The fraction of sp³-hybridized carbons (Fsp3) is 0.217. The van der Waals surface area contributed by atoms with E-state index in [1.165, 1.54) is 12.1 Å². The highest BCUT2D eigenvalue weighted by atomic mass is 79.9. The summed E-state index contributed by atoms with van der Waals surface area (Å²) < 4.78 is 39.4. The maximum atomic E-state index is 12.8. The van der Waals surface area contributed by atoms with E-state index in [2.05, 4.69) is 41.8 Å². The van der Waals surface area contributed by atoms with Crippen LogP contribution >= 0.6 is 15.9 Å². The minimum atomic E-state index is -4.40. The van der Waals surface area contributed by atoms with Gasteiger partial charge in [-0.05, 0) is 35.9 Å². The number of aromatic nitrogens is 3. The van der Waals surface area contributed by atoms with Crippen LogP contribution in [-0.4, -0.2) is 26.4 Å². The fourth-order valence-electron chi connectivity index (χ4n) is 4.09. The summed E-state index contributed by atoms with van der Waals surface area (Å²) in [5.74, 6) is 0.289. The Morgan fingerprint density at radius 1 is 1.12 bits per heavy atom. The number of nitrogens with zero attached hydrogens (tertiary/aromatic N) is 2. The molecule has 0 aliphatic carbocycles. The SMILES string of the molecule is O=c1[nH]c(-c2ccc(C(F)(F)F)cc2)nc2c1CN(Cc1c[nH]c3ccc(Br)cc13)CC2. The summed E-state index contributed by atoms with van der Waals surface area (Å²) in [5, 5.41) is 1.13. The predicted molar refractivity (Wildman–Crippen MR) is 119 cm³/mol. The summed E-state index contributed by atoms with van der Waals surface area (Å²) >= 11 is 3.51. The molecule has 5 nitrogen and oxygen atoms in total. The minimum Gasteiger partial charge on any atom is -0.361 e. The van der Waals surface area contributed by atoms with Crippen molar-refractivity contribution in [1.82, 2.24) is 19.9 Å². The summed E-state index contributed by atoms with van der Waals surface area (Å²) in [4.78, 5) is 25.5. The standard InChI is InChI=1S/C23H18BrF3N4O/c24-16-5-6-19-17(9-16)14(10-28-19)11-31-8-7-20-18(12-31)22(32)30-21(29-20)13-1-3-15(4-2-13)23(25,26)27/h1-6,9-10,28H,7-8,11-12H2,(H,29,30,32). The summed E-state index contributed by atoms with van der Waals surface area (Å²) in [6, 6.07) is 10.7. The Labute approximate surface area is 189 Å². The molecule has 2 N–H and O–H groups in total. The highest BCUT2D eigenvalue weighted by Gasteiger charge is 2.30. The first-order valence-electron chi connectivity index (χ1n) is 10.1. The maximum Gasteiger partial charge on any atom is 0.416 e. The van der Waals surface area contributed by atoms with Gasteiger partial charge >= 0.3 is 6.18 Å². The molecule has 0 atom stereocenters. The molecular formula is C23H18BrF3N4O. The van der Waals surface area contributed by atoms with Crippen molar-refractivity contribution in [3.05, 3.63) is 85.9 Å². The Morgan fingerprint density at radius 2 is 1.91 bits per heavy atom. The number of aromatic amines is 2. The molecule has 0 bridgehead atoms. The van der Waals surface area contributed by atoms with Crippen molar-refractivity contribution in [1.29, 1.82) is 0 Å². The third-order valence-electron chi connectivity index (χ3n) is 5.76. The number of hydrogen-bond donors (Lipinski definition) is 2. The third-order valence-corrected chi connectivity index (χ3v) is 6.25. The molecule has 164 valence electrons. The Kier molecular flexibility index (Phi) is 5.17. The molecule has 4 aromatic rings. The van der Waals surface area contributed by atoms with Gasteiger partial charge in [0, 0.05) is 53.2 Å². The number of H-pyrrole nitrogens is 2. The van der Waals surface area contributed by atoms with Crippen molar-refractivity contribution in [3.63, 3.8) is 0 Å². The largest absolute Gasteiger partial charge is 0.416 e. The first-order valence-corrected chi connectivity index (χ1v) is 10.8. The molecule has 2 aromatic heterocycles. The van der Waals surface area contributed by atoms with Gasteiger partial charge < -0.3 is 9.97 Å². The smallest absolute Gasteiger partial charge is 0.361 e. The van der Waals surface area contributed by atoms with Crippen LogP contribution in [-0.2, 0) is 25.7 Å². The summed E-state index contributed by atoms with van der Waals surface area (Å²) in [6.45, 7) is 1.89. The lowest BCUT2D eigenvalue weighted by molar-refractivity contribution is -0.137. The van der Waals surface area contributed by atoms with E-state index in [0.29, 0.717) is 36.3 Å². The Hall–Kier alpha value is -2.91. The van der Waals surface area contributed by atoms with Gasteiger partial charge in [0.15, 0.2) is 0 Å². The molecule has 32 heavy (non-hydrogen) atoms. The summed E-state index contributed by atoms with van der Waals surface area (Å²) in [5.41, 5.74) is 2.97. The van der Waals surface area contributed by atoms with Crippen LogP contribution in [0.4, 0.5) is 13.2 Å². The van der Waals surface area contributed by atoms with E-state index in [4.69, 9.17) is 0 Å². The highest BCUT2D eigenvalue weighted by Crippen LogP contribution is 2.30. The van der Waals surface area contributed by atoms with Crippen molar-refractivity contribution in [3.8, 4) is 11.4 Å². The van der Waals surface area contributed by atoms with Crippen LogP contribution in [0.5, 0.6) is 0 Å². The number of nitrogens with one attached hydrogen (secondary N) is 2. The van der Waals surface area contributed by atoms with E-state index < -0.39 is 11.7 Å². The number of rotatable bonds is 3. The van der Waals surface area contributed by atoms with Crippen LogP contribution in [0, 0.1) is 0 Å². The van der Waals surface area contributed by atoms with E-state index in [1.54, 1.807) is 0 Å². The normalized spacial score (nSPS) is 14.6. The van der Waals surface area contributed by atoms with Crippen molar-refractivity contribution >= 4 is 26.8 Å². The van der Waals surface area contributed by atoms with Crippen LogP contribution < -0.4 is 5.56 Å². The Balaban J connectivity index is 1.38. The third kappa shape index (κ3) is 3.98. The van der Waals surface area contributed by atoms with Crippen LogP contribution in [0.15, 0.2) is 57.9 Å². The molecule has 2 aromatic carbocycles. The van der Waals surface area contributed by atoms with Crippen molar-refractivity contribution in [2.75, 3.05) is 6.54 Å². The van der Waals surface area contributed by atoms with Crippen LogP contribution in [0.2, 0.25) is 0 Å². The fourth-order valence-corrected chi connectivity index (χ4v) is 4.45. The number of fused-ring (bicyclic) bond motifs is 2.